The third-order valence-corrected chi connectivity index (χ3v) is 7.87. The molecule has 0 radical (unpaired) electrons. The van der Waals surface area contributed by atoms with Crippen molar-refractivity contribution in [3.05, 3.63) is 29.3 Å². The first-order valence-corrected chi connectivity index (χ1v) is 13.9. The molecule has 0 spiro atoms. The summed E-state index contributed by atoms with van der Waals surface area (Å²) in [4.78, 5) is 24.1. The molecule has 0 amide bonds. The Bertz CT molecular complexity index is 1040. The summed E-state index contributed by atoms with van der Waals surface area (Å²) < 4.78 is 36.7. The smallest absolute Gasteiger partial charge is 0.324 e. The molecule has 204 valence electrons. The molecule has 0 saturated carbocycles. The summed E-state index contributed by atoms with van der Waals surface area (Å²) in [5, 5.41) is 0. The SMILES string of the molecule is CN=C(NOC(C)C(C)(C)CC(C)COc1ccc2c(c1)CN(S(C)(=O)=O)C(C(=O)OC)C2)N(C)C. The zero-order valence-corrected chi connectivity index (χ0v) is 23.8. The highest BCUT2D eigenvalue weighted by Gasteiger charge is 2.37. The molecule has 0 saturated heterocycles. The van der Waals surface area contributed by atoms with Crippen LogP contribution in [0.15, 0.2) is 23.2 Å². The third-order valence-electron chi connectivity index (χ3n) is 6.64. The normalized spacial score (nSPS) is 18.7. The maximum atomic E-state index is 12.3. The van der Waals surface area contributed by atoms with Crippen LogP contribution in [0, 0.1) is 11.3 Å². The van der Waals surface area contributed by atoms with E-state index in [2.05, 4.69) is 31.2 Å². The van der Waals surface area contributed by atoms with Crippen molar-refractivity contribution in [2.24, 2.45) is 16.3 Å². The van der Waals surface area contributed by atoms with Crippen molar-refractivity contribution in [2.45, 2.75) is 59.2 Å². The van der Waals surface area contributed by atoms with E-state index in [0.717, 1.165) is 23.8 Å². The Kier molecular flexibility index (Phi) is 10.2. The molecule has 1 aliphatic rings. The van der Waals surface area contributed by atoms with Crippen LogP contribution in [-0.2, 0) is 37.4 Å². The first-order chi connectivity index (χ1) is 16.7. The summed E-state index contributed by atoms with van der Waals surface area (Å²) in [6.07, 6.45) is 2.16. The number of hydrogen-bond acceptors (Lipinski definition) is 7. The van der Waals surface area contributed by atoms with Gasteiger partial charge in [0.15, 0.2) is 0 Å². The molecule has 1 N–H and O–H groups in total. The molecule has 1 aromatic carbocycles. The number of carbonyl (C=O) groups excluding carboxylic acids is 1. The lowest BCUT2D eigenvalue weighted by Gasteiger charge is -2.34. The molecule has 2 rings (SSSR count). The average Bonchev–Trinajstić information content (AvgIpc) is 2.80. The van der Waals surface area contributed by atoms with Crippen LogP contribution in [0.1, 0.15) is 45.2 Å². The van der Waals surface area contributed by atoms with Gasteiger partial charge in [0.25, 0.3) is 0 Å². The zero-order chi connectivity index (χ0) is 27.3. The van der Waals surface area contributed by atoms with E-state index in [4.69, 9.17) is 14.3 Å². The number of ether oxygens (including phenoxy) is 2. The lowest BCUT2D eigenvalue weighted by Crippen LogP contribution is -2.48. The molecular weight excluding hydrogens is 484 g/mol. The maximum absolute atomic E-state index is 12.3. The van der Waals surface area contributed by atoms with Crippen molar-refractivity contribution >= 4 is 22.0 Å². The van der Waals surface area contributed by atoms with Gasteiger partial charge in [0, 0.05) is 34.1 Å². The molecule has 1 heterocycles. The highest BCUT2D eigenvalue weighted by Crippen LogP contribution is 2.32. The highest BCUT2D eigenvalue weighted by molar-refractivity contribution is 7.88. The standard InChI is InChI=1S/C25H42N4O6S/c1-17(14-25(3,4)18(2)35-27-24(26-5)28(6)7)16-34-21-11-10-19-13-22(23(30)33-8)29(36(9,31)32)15-20(19)12-21/h10-12,17-18,22H,13-16H2,1-9H3,(H,26,27). The lowest BCUT2D eigenvalue weighted by atomic mass is 9.79. The molecule has 0 bridgehead atoms. The molecule has 10 nitrogen and oxygen atoms in total. The molecule has 1 aromatic rings. The number of methoxy groups -OCH3 is 1. The number of rotatable bonds is 10. The van der Waals surface area contributed by atoms with E-state index in [9.17, 15) is 13.2 Å². The molecule has 11 heteroatoms. The number of sulfonamides is 1. The Balaban J connectivity index is 2.00. The number of nitrogens with zero attached hydrogens (tertiary/aromatic N) is 3. The van der Waals surface area contributed by atoms with Gasteiger partial charge < -0.3 is 14.4 Å². The van der Waals surface area contributed by atoms with E-state index in [1.807, 2.05) is 44.1 Å². The van der Waals surface area contributed by atoms with Crippen LogP contribution in [0.4, 0.5) is 0 Å². The molecular formula is C25H42N4O6S. The third kappa shape index (κ3) is 7.81. The minimum absolute atomic E-state index is 0.0786. The summed E-state index contributed by atoms with van der Waals surface area (Å²) >= 11 is 0. The molecule has 0 fully saturated rings. The number of hydrogen-bond donors (Lipinski definition) is 1. The number of esters is 1. The molecule has 1 aliphatic heterocycles. The van der Waals surface area contributed by atoms with Crippen LogP contribution in [0.2, 0.25) is 0 Å². The fraction of sp³-hybridized carbons (Fsp3) is 0.680. The van der Waals surface area contributed by atoms with Crippen molar-refractivity contribution < 1.29 is 27.5 Å². The first kappa shape index (κ1) is 29.9. The molecule has 0 aliphatic carbocycles. The number of nitrogens with one attached hydrogen (secondary N) is 1. The van der Waals surface area contributed by atoms with Gasteiger partial charge in [0.1, 0.15) is 11.8 Å². The number of benzene rings is 1. The monoisotopic (exact) mass is 526 g/mol. The van der Waals surface area contributed by atoms with Crippen LogP contribution in [0.25, 0.3) is 0 Å². The van der Waals surface area contributed by atoms with Gasteiger partial charge in [-0.3, -0.25) is 14.6 Å². The van der Waals surface area contributed by atoms with Crippen molar-refractivity contribution in [2.75, 3.05) is 41.1 Å². The lowest BCUT2D eigenvalue weighted by molar-refractivity contribution is -0.145. The van der Waals surface area contributed by atoms with E-state index >= 15 is 0 Å². The van der Waals surface area contributed by atoms with Crippen molar-refractivity contribution in [1.82, 2.24) is 14.7 Å². The van der Waals surface area contributed by atoms with Crippen LogP contribution in [0.5, 0.6) is 5.75 Å². The maximum Gasteiger partial charge on any atom is 0.324 e. The zero-order valence-electron chi connectivity index (χ0n) is 23.0. The Morgan fingerprint density at radius 3 is 2.50 bits per heavy atom. The van der Waals surface area contributed by atoms with E-state index < -0.39 is 22.0 Å². The van der Waals surface area contributed by atoms with Crippen LogP contribution < -0.4 is 10.2 Å². The van der Waals surface area contributed by atoms with E-state index in [1.54, 1.807) is 7.05 Å². The van der Waals surface area contributed by atoms with Gasteiger partial charge >= 0.3 is 5.97 Å². The van der Waals surface area contributed by atoms with Gasteiger partial charge in [-0.2, -0.15) is 4.31 Å². The number of guanidine groups is 1. The molecule has 0 aromatic heterocycles. The summed E-state index contributed by atoms with van der Waals surface area (Å²) in [7, 11) is 3.17. The fourth-order valence-corrected chi connectivity index (χ4v) is 5.31. The second-order valence-corrected chi connectivity index (χ2v) is 12.3. The first-order valence-electron chi connectivity index (χ1n) is 12.0. The Morgan fingerprint density at radius 1 is 1.28 bits per heavy atom. The highest BCUT2D eigenvalue weighted by atomic mass is 32.2. The second kappa shape index (κ2) is 12.2. The van der Waals surface area contributed by atoms with E-state index in [1.165, 1.54) is 11.4 Å². The van der Waals surface area contributed by atoms with Crippen molar-refractivity contribution in [3.8, 4) is 5.75 Å². The van der Waals surface area contributed by atoms with Crippen molar-refractivity contribution in [3.63, 3.8) is 0 Å². The topological polar surface area (TPSA) is 110 Å². The van der Waals surface area contributed by atoms with Crippen LogP contribution in [-0.4, -0.2) is 82.8 Å². The molecule has 3 unspecified atom stereocenters. The molecule has 36 heavy (non-hydrogen) atoms. The van der Waals surface area contributed by atoms with E-state index in [0.29, 0.717) is 18.3 Å². The second-order valence-electron chi connectivity index (χ2n) is 10.4. The number of carbonyl (C=O) groups is 1. The Hall–Kier alpha value is -2.37. The van der Waals surface area contributed by atoms with Crippen molar-refractivity contribution in [1.29, 1.82) is 0 Å². The van der Waals surface area contributed by atoms with Gasteiger partial charge in [-0.1, -0.05) is 26.8 Å². The Morgan fingerprint density at radius 2 is 1.94 bits per heavy atom. The summed E-state index contributed by atoms with van der Waals surface area (Å²) in [6.45, 7) is 9.08. The summed E-state index contributed by atoms with van der Waals surface area (Å²) in [5.41, 5.74) is 4.54. The number of fused-ring (bicyclic) bond motifs is 1. The van der Waals surface area contributed by atoms with Gasteiger partial charge in [-0.05, 0) is 47.9 Å². The quantitative estimate of drug-likeness (QED) is 0.214. The van der Waals surface area contributed by atoms with Gasteiger partial charge in [-0.25, -0.2) is 13.9 Å². The van der Waals surface area contributed by atoms with Gasteiger partial charge in [0.05, 0.1) is 26.1 Å². The van der Waals surface area contributed by atoms with E-state index in [-0.39, 0.29) is 30.4 Å². The summed E-state index contributed by atoms with van der Waals surface area (Å²) in [6, 6.07) is 4.77. The van der Waals surface area contributed by atoms with Gasteiger partial charge in [0.2, 0.25) is 16.0 Å². The molecule has 3 atom stereocenters. The predicted molar refractivity (Wildman–Crippen MR) is 140 cm³/mol. The fourth-order valence-electron chi connectivity index (χ4n) is 4.31. The number of aliphatic imine (C=N–C) groups is 1. The predicted octanol–water partition coefficient (Wildman–Crippen LogP) is 2.43. The summed E-state index contributed by atoms with van der Waals surface area (Å²) in [5.74, 6) is 1.00. The minimum atomic E-state index is -3.59. The average molecular weight is 527 g/mol. The number of hydroxylamine groups is 1. The van der Waals surface area contributed by atoms with Crippen LogP contribution >= 0.6 is 0 Å². The largest absolute Gasteiger partial charge is 0.493 e. The minimum Gasteiger partial charge on any atom is -0.493 e. The van der Waals surface area contributed by atoms with Gasteiger partial charge in [-0.15, -0.1) is 0 Å². The van der Waals surface area contributed by atoms with Crippen LogP contribution in [0.3, 0.4) is 0 Å². The Labute approximate surface area is 216 Å².